The van der Waals surface area contributed by atoms with Crippen molar-refractivity contribution >= 4 is 17.3 Å². The van der Waals surface area contributed by atoms with E-state index in [2.05, 4.69) is 5.32 Å². The molecular formula is C12H14N2O4. The molecule has 1 aromatic carbocycles. The van der Waals surface area contributed by atoms with Crippen molar-refractivity contribution in [3.05, 3.63) is 28.3 Å². The number of amides is 1. The fourth-order valence-corrected chi connectivity index (χ4v) is 2.03. The Kier molecular flexibility index (Phi) is 2.94. The van der Waals surface area contributed by atoms with Gasteiger partial charge in [0.25, 0.3) is 11.6 Å². The Labute approximate surface area is 104 Å². The Morgan fingerprint density at radius 3 is 2.61 bits per heavy atom. The molecule has 2 rings (SSSR count). The number of ether oxygens (including phenoxy) is 1. The molecule has 0 unspecified atom stereocenters. The van der Waals surface area contributed by atoms with Gasteiger partial charge in [-0.05, 0) is 18.9 Å². The number of carbonyl (C=O) groups excluding carboxylic acids is 1. The summed E-state index contributed by atoms with van der Waals surface area (Å²) in [6.07, 6.45) is 1.09. The summed E-state index contributed by atoms with van der Waals surface area (Å²) in [5.74, 6) is 0.226. The van der Waals surface area contributed by atoms with Crippen LogP contribution < -0.4 is 10.1 Å². The summed E-state index contributed by atoms with van der Waals surface area (Å²) >= 11 is 0. The van der Waals surface area contributed by atoms with E-state index in [9.17, 15) is 14.9 Å². The van der Waals surface area contributed by atoms with Gasteiger partial charge in [-0.15, -0.1) is 0 Å². The lowest BCUT2D eigenvalue weighted by Crippen LogP contribution is -2.49. The highest BCUT2D eigenvalue weighted by molar-refractivity contribution is 6.01. The van der Waals surface area contributed by atoms with Crippen LogP contribution in [0.3, 0.4) is 0 Å². The molecule has 1 amide bonds. The zero-order valence-electron chi connectivity index (χ0n) is 10.2. The topological polar surface area (TPSA) is 81.5 Å². The number of benzene rings is 1. The zero-order valence-corrected chi connectivity index (χ0v) is 10.2. The predicted molar refractivity (Wildman–Crippen MR) is 65.7 cm³/mol. The van der Waals surface area contributed by atoms with Crippen molar-refractivity contribution in [1.82, 2.24) is 0 Å². The van der Waals surface area contributed by atoms with Gasteiger partial charge in [-0.3, -0.25) is 14.9 Å². The SMILES string of the molecule is CCC1(CC)Oc2ccc([N+](=O)[O-])cc2NC1=O. The van der Waals surface area contributed by atoms with Gasteiger partial charge in [0.1, 0.15) is 5.75 Å². The number of hydrogen-bond donors (Lipinski definition) is 1. The minimum absolute atomic E-state index is 0.0712. The molecule has 0 saturated heterocycles. The van der Waals surface area contributed by atoms with Gasteiger partial charge >= 0.3 is 0 Å². The van der Waals surface area contributed by atoms with Crippen molar-refractivity contribution in [2.24, 2.45) is 0 Å². The molecule has 1 aliphatic heterocycles. The maximum Gasteiger partial charge on any atom is 0.271 e. The highest BCUT2D eigenvalue weighted by Gasteiger charge is 2.41. The van der Waals surface area contributed by atoms with E-state index in [1.54, 1.807) is 0 Å². The van der Waals surface area contributed by atoms with Crippen LogP contribution in [-0.2, 0) is 4.79 Å². The number of nitrogens with zero attached hydrogens (tertiary/aromatic N) is 1. The van der Waals surface area contributed by atoms with Crippen LogP contribution in [-0.4, -0.2) is 16.4 Å². The summed E-state index contributed by atoms with van der Waals surface area (Å²) in [5.41, 5.74) is -0.590. The van der Waals surface area contributed by atoms with Crippen LogP contribution in [0.1, 0.15) is 26.7 Å². The van der Waals surface area contributed by atoms with Gasteiger partial charge in [0.2, 0.25) is 0 Å². The number of nitro groups is 1. The highest BCUT2D eigenvalue weighted by atomic mass is 16.6. The molecule has 1 aliphatic rings. The van der Waals surface area contributed by atoms with E-state index in [0.29, 0.717) is 24.3 Å². The third-order valence-electron chi connectivity index (χ3n) is 3.28. The Morgan fingerprint density at radius 1 is 1.39 bits per heavy atom. The maximum absolute atomic E-state index is 12.0. The Hall–Kier alpha value is -2.11. The third kappa shape index (κ3) is 1.79. The molecule has 6 heteroatoms. The van der Waals surface area contributed by atoms with Crippen LogP contribution >= 0.6 is 0 Å². The van der Waals surface area contributed by atoms with E-state index in [4.69, 9.17) is 4.74 Å². The number of rotatable bonds is 3. The third-order valence-corrected chi connectivity index (χ3v) is 3.28. The first kappa shape index (κ1) is 12.3. The number of non-ortho nitro benzene ring substituents is 1. The lowest BCUT2D eigenvalue weighted by Gasteiger charge is -2.35. The van der Waals surface area contributed by atoms with Crippen molar-refractivity contribution in [2.75, 3.05) is 5.32 Å². The second-order valence-electron chi connectivity index (χ2n) is 4.20. The Bertz CT molecular complexity index is 509. The van der Waals surface area contributed by atoms with Crippen molar-refractivity contribution < 1.29 is 14.5 Å². The van der Waals surface area contributed by atoms with E-state index >= 15 is 0 Å². The second-order valence-corrected chi connectivity index (χ2v) is 4.20. The lowest BCUT2D eigenvalue weighted by atomic mass is 9.94. The molecule has 1 aromatic rings. The van der Waals surface area contributed by atoms with Gasteiger partial charge in [0, 0.05) is 12.1 Å². The van der Waals surface area contributed by atoms with Gasteiger partial charge in [-0.2, -0.15) is 0 Å². The quantitative estimate of drug-likeness (QED) is 0.660. The summed E-state index contributed by atoms with van der Waals surface area (Å²) in [6.45, 7) is 3.75. The molecule has 0 spiro atoms. The predicted octanol–water partition coefficient (Wildman–Crippen LogP) is 2.48. The van der Waals surface area contributed by atoms with Gasteiger partial charge in [0.05, 0.1) is 10.6 Å². The van der Waals surface area contributed by atoms with Crippen molar-refractivity contribution in [1.29, 1.82) is 0 Å². The molecule has 18 heavy (non-hydrogen) atoms. The van der Waals surface area contributed by atoms with E-state index in [-0.39, 0.29) is 11.6 Å². The number of fused-ring (bicyclic) bond motifs is 1. The molecule has 0 atom stereocenters. The number of nitro benzene ring substituents is 1. The normalized spacial score (nSPS) is 16.4. The maximum atomic E-state index is 12.0. The van der Waals surface area contributed by atoms with Gasteiger partial charge in [-0.25, -0.2) is 0 Å². The first-order valence-corrected chi connectivity index (χ1v) is 5.81. The van der Waals surface area contributed by atoms with Crippen LogP contribution in [0.2, 0.25) is 0 Å². The second kappa shape index (κ2) is 4.29. The molecule has 0 bridgehead atoms. The van der Waals surface area contributed by atoms with E-state index in [0.717, 1.165) is 0 Å². The first-order valence-electron chi connectivity index (χ1n) is 5.81. The van der Waals surface area contributed by atoms with Gasteiger partial charge in [0.15, 0.2) is 5.60 Å². The molecule has 0 aromatic heterocycles. The molecule has 0 radical (unpaired) electrons. The highest BCUT2D eigenvalue weighted by Crippen LogP contribution is 2.38. The molecule has 0 saturated carbocycles. The van der Waals surface area contributed by atoms with Crippen LogP contribution in [0.25, 0.3) is 0 Å². The summed E-state index contributed by atoms with van der Waals surface area (Å²) < 4.78 is 5.73. The fourth-order valence-electron chi connectivity index (χ4n) is 2.03. The van der Waals surface area contributed by atoms with Crippen molar-refractivity contribution in [3.8, 4) is 5.75 Å². The van der Waals surface area contributed by atoms with Crippen molar-refractivity contribution in [2.45, 2.75) is 32.3 Å². The zero-order chi connectivity index (χ0) is 13.3. The number of nitrogens with one attached hydrogen (secondary N) is 1. The number of anilines is 1. The van der Waals surface area contributed by atoms with Crippen LogP contribution in [0.5, 0.6) is 5.75 Å². The number of hydrogen-bond acceptors (Lipinski definition) is 4. The summed E-state index contributed by atoms with van der Waals surface area (Å²) in [6, 6.07) is 4.20. The monoisotopic (exact) mass is 250 g/mol. The largest absolute Gasteiger partial charge is 0.475 e. The fraction of sp³-hybridized carbons (Fsp3) is 0.417. The van der Waals surface area contributed by atoms with E-state index in [1.165, 1.54) is 18.2 Å². The standard InChI is InChI=1S/C12H14N2O4/c1-3-12(4-2)11(15)13-9-7-8(14(16)17)5-6-10(9)18-12/h5-7H,3-4H2,1-2H3,(H,13,15). The van der Waals surface area contributed by atoms with Crippen LogP contribution in [0.4, 0.5) is 11.4 Å². The smallest absolute Gasteiger partial charge is 0.271 e. The average molecular weight is 250 g/mol. The van der Waals surface area contributed by atoms with Crippen LogP contribution in [0, 0.1) is 10.1 Å². The van der Waals surface area contributed by atoms with E-state index < -0.39 is 10.5 Å². The molecule has 1 heterocycles. The number of carbonyl (C=O) groups is 1. The minimum atomic E-state index is -0.872. The molecule has 96 valence electrons. The average Bonchev–Trinajstić information content (AvgIpc) is 2.37. The molecule has 0 aliphatic carbocycles. The lowest BCUT2D eigenvalue weighted by molar-refractivity contribution is -0.384. The van der Waals surface area contributed by atoms with Gasteiger partial charge < -0.3 is 10.1 Å². The summed E-state index contributed by atoms with van der Waals surface area (Å²) in [5, 5.41) is 13.3. The molecule has 0 fully saturated rings. The summed E-state index contributed by atoms with van der Waals surface area (Å²) in [7, 11) is 0. The Balaban J connectivity index is 2.42. The molecule has 6 nitrogen and oxygen atoms in total. The first-order chi connectivity index (χ1) is 8.52. The van der Waals surface area contributed by atoms with Gasteiger partial charge in [-0.1, -0.05) is 13.8 Å². The van der Waals surface area contributed by atoms with Crippen LogP contribution in [0.15, 0.2) is 18.2 Å². The van der Waals surface area contributed by atoms with E-state index in [1.807, 2.05) is 13.8 Å². The molecule has 1 N–H and O–H groups in total. The minimum Gasteiger partial charge on any atom is -0.475 e. The summed E-state index contributed by atoms with van der Waals surface area (Å²) in [4.78, 5) is 22.2. The van der Waals surface area contributed by atoms with Crippen molar-refractivity contribution in [3.63, 3.8) is 0 Å². The Morgan fingerprint density at radius 2 is 2.06 bits per heavy atom. The molecular weight excluding hydrogens is 236 g/mol.